The van der Waals surface area contributed by atoms with Gasteiger partial charge in [0, 0.05) is 12.6 Å². The van der Waals surface area contributed by atoms with Crippen molar-refractivity contribution in [3.63, 3.8) is 0 Å². The molecular weight excluding hydrogens is 418 g/mol. The van der Waals surface area contributed by atoms with Crippen molar-refractivity contribution in [1.29, 1.82) is 0 Å². The van der Waals surface area contributed by atoms with Gasteiger partial charge in [0.1, 0.15) is 10.6 Å². The molecule has 1 heterocycles. The zero-order valence-electron chi connectivity index (χ0n) is 18.3. The summed E-state index contributed by atoms with van der Waals surface area (Å²) in [6.45, 7) is 4.28. The van der Waals surface area contributed by atoms with E-state index in [-0.39, 0.29) is 22.2 Å². The molecule has 2 aromatic carbocycles. The van der Waals surface area contributed by atoms with Gasteiger partial charge in [0.15, 0.2) is 17.3 Å². The molecule has 0 spiro atoms. The molecular formula is C22H27N3O5S. The second-order valence-corrected chi connectivity index (χ2v) is 9.24. The summed E-state index contributed by atoms with van der Waals surface area (Å²) in [5.41, 5.74) is 2.13. The van der Waals surface area contributed by atoms with Crippen LogP contribution in [0.4, 0.5) is 0 Å². The lowest BCUT2D eigenvalue weighted by molar-refractivity contribution is 0.373. The van der Waals surface area contributed by atoms with Crippen LogP contribution in [0, 0.1) is 5.92 Å². The second kappa shape index (κ2) is 8.97. The predicted molar refractivity (Wildman–Crippen MR) is 120 cm³/mol. The van der Waals surface area contributed by atoms with Gasteiger partial charge in [0.05, 0.1) is 20.4 Å². The van der Waals surface area contributed by atoms with Gasteiger partial charge in [-0.3, -0.25) is 0 Å². The molecule has 1 aliphatic rings. The van der Waals surface area contributed by atoms with Gasteiger partial charge in [-0.2, -0.15) is 13.5 Å². The van der Waals surface area contributed by atoms with Crippen LogP contribution < -0.4 is 9.47 Å². The van der Waals surface area contributed by atoms with E-state index in [0.29, 0.717) is 22.8 Å². The molecule has 8 nitrogen and oxygen atoms in total. The molecule has 166 valence electrons. The maximum absolute atomic E-state index is 12.7. The number of benzene rings is 2. The average molecular weight is 446 g/mol. The number of phenols is 1. The van der Waals surface area contributed by atoms with Gasteiger partial charge in [0.2, 0.25) is 0 Å². The molecule has 0 saturated carbocycles. The van der Waals surface area contributed by atoms with Crippen molar-refractivity contribution in [2.24, 2.45) is 15.4 Å². The van der Waals surface area contributed by atoms with Crippen LogP contribution in [-0.4, -0.2) is 51.9 Å². The van der Waals surface area contributed by atoms with E-state index in [9.17, 15) is 13.5 Å². The number of rotatable bonds is 7. The Bertz CT molecular complexity index is 1140. The fraction of sp³-hybridized carbons (Fsp3) is 0.364. The largest absolute Gasteiger partial charge is 0.504 e. The zero-order valence-corrected chi connectivity index (χ0v) is 19.1. The Kier molecular flexibility index (Phi) is 6.54. The first-order chi connectivity index (χ1) is 14.7. The molecule has 0 fully saturated rings. The molecule has 1 aliphatic heterocycles. The lowest BCUT2D eigenvalue weighted by Gasteiger charge is -2.15. The molecule has 0 radical (unpaired) electrons. The quantitative estimate of drug-likeness (QED) is 0.518. The fourth-order valence-corrected chi connectivity index (χ4v) is 4.63. The van der Waals surface area contributed by atoms with Crippen molar-refractivity contribution < 1.29 is 23.0 Å². The third-order valence-corrected chi connectivity index (χ3v) is 6.29. The second-order valence-electron chi connectivity index (χ2n) is 7.70. The van der Waals surface area contributed by atoms with Crippen molar-refractivity contribution >= 4 is 22.1 Å². The van der Waals surface area contributed by atoms with Crippen molar-refractivity contribution in [1.82, 2.24) is 5.01 Å². The van der Waals surface area contributed by atoms with Crippen molar-refractivity contribution in [2.75, 3.05) is 21.3 Å². The van der Waals surface area contributed by atoms with Crippen molar-refractivity contribution in [2.45, 2.75) is 31.6 Å². The van der Waals surface area contributed by atoms with Crippen molar-refractivity contribution in [3.05, 3.63) is 47.0 Å². The molecule has 0 amide bonds. The Hall–Kier alpha value is -3.07. The van der Waals surface area contributed by atoms with Crippen LogP contribution in [0.15, 0.2) is 44.7 Å². The van der Waals surface area contributed by atoms with Gasteiger partial charge in [-0.05, 0) is 60.2 Å². The Labute approximate surface area is 182 Å². The maximum Gasteiger partial charge on any atom is 0.288 e. The molecule has 1 N–H and O–H groups in total. The lowest BCUT2D eigenvalue weighted by atomic mass is 10.00. The van der Waals surface area contributed by atoms with Gasteiger partial charge < -0.3 is 14.6 Å². The highest BCUT2D eigenvalue weighted by Gasteiger charge is 2.35. The molecule has 0 saturated heterocycles. The monoisotopic (exact) mass is 445 g/mol. The van der Waals surface area contributed by atoms with E-state index >= 15 is 0 Å². The molecule has 31 heavy (non-hydrogen) atoms. The molecule has 2 aromatic rings. The van der Waals surface area contributed by atoms with E-state index in [4.69, 9.17) is 9.47 Å². The van der Waals surface area contributed by atoms with Crippen LogP contribution >= 0.6 is 0 Å². The molecule has 3 rings (SSSR count). The number of nitrogens with zero attached hydrogens (tertiary/aromatic N) is 3. The van der Waals surface area contributed by atoms with Gasteiger partial charge in [0.25, 0.3) is 10.0 Å². The number of fused-ring (bicyclic) bond motifs is 1. The summed E-state index contributed by atoms with van der Waals surface area (Å²) in [6, 6.07) is 8.41. The van der Waals surface area contributed by atoms with Crippen LogP contribution in [0.1, 0.15) is 37.0 Å². The molecule has 0 unspecified atom stereocenters. The third kappa shape index (κ3) is 4.82. The summed E-state index contributed by atoms with van der Waals surface area (Å²) in [7, 11) is 0.648. The summed E-state index contributed by atoms with van der Waals surface area (Å²) in [5.74, 6) is 1.37. The van der Waals surface area contributed by atoms with Crippen LogP contribution in [0.25, 0.3) is 0 Å². The van der Waals surface area contributed by atoms with E-state index in [1.807, 2.05) is 6.07 Å². The number of phenolic OH excluding ortho intramolecular Hbond substituents is 1. The first-order valence-electron chi connectivity index (χ1n) is 9.87. The Morgan fingerprint density at radius 3 is 2.52 bits per heavy atom. The summed E-state index contributed by atoms with van der Waals surface area (Å²) in [4.78, 5) is 0.0617. The number of hydrogen-bond donors (Lipinski definition) is 1. The van der Waals surface area contributed by atoms with Gasteiger partial charge >= 0.3 is 0 Å². The average Bonchev–Trinajstić information content (AvgIpc) is 3.01. The van der Waals surface area contributed by atoms with Crippen LogP contribution in [0.2, 0.25) is 0 Å². The van der Waals surface area contributed by atoms with Gasteiger partial charge in [-0.1, -0.05) is 13.8 Å². The zero-order chi connectivity index (χ0) is 22.8. The van der Waals surface area contributed by atoms with E-state index in [0.717, 1.165) is 18.4 Å². The Balaban J connectivity index is 1.97. The number of amidine groups is 1. The smallest absolute Gasteiger partial charge is 0.288 e. The first-order valence-corrected chi connectivity index (χ1v) is 11.3. The number of methoxy groups -OCH3 is 2. The summed E-state index contributed by atoms with van der Waals surface area (Å²) < 4.78 is 39.9. The SMILES string of the molecule is COc1cc(/C=N/N(C)C2=NS(=O)(=O)c3c(OC)cc(CCC(C)C)cc32)ccc1O. The Morgan fingerprint density at radius 1 is 1.16 bits per heavy atom. The summed E-state index contributed by atoms with van der Waals surface area (Å²) in [5, 5.41) is 15.5. The highest BCUT2D eigenvalue weighted by atomic mass is 32.2. The minimum atomic E-state index is -3.90. The van der Waals surface area contributed by atoms with Crippen LogP contribution in [0.5, 0.6) is 17.2 Å². The number of ether oxygens (including phenoxy) is 2. The van der Waals surface area contributed by atoms with E-state index < -0.39 is 10.0 Å². The predicted octanol–water partition coefficient (Wildman–Crippen LogP) is 3.41. The topological polar surface area (TPSA) is 101 Å². The van der Waals surface area contributed by atoms with E-state index in [1.165, 1.54) is 31.5 Å². The number of hydrogen-bond acceptors (Lipinski definition) is 7. The molecule has 0 aliphatic carbocycles. The number of sulfonamides is 1. The molecule has 9 heteroatoms. The highest BCUT2D eigenvalue weighted by Crippen LogP contribution is 2.37. The van der Waals surface area contributed by atoms with E-state index in [2.05, 4.69) is 23.3 Å². The normalized spacial score (nSPS) is 14.6. The molecule has 0 atom stereocenters. The first kappa shape index (κ1) is 22.6. The highest BCUT2D eigenvalue weighted by molar-refractivity contribution is 7.90. The van der Waals surface area contributed by atoms with Gasteiger partial charge in [-0.15, -0.1) is 4.40 Å². The molecule has 0 aromatic heterocycles. The maximum atomic E-state index is 12.7. The van der Waals surface area contributed by atoms with Crippen molar-refractivity contribution in [3.8, 4) is 17.2 Å². The summed E-state index contributed by atoms with van der Waals surface area (Å²) >= 11 is 0. The number of aryl methyl sites for hydroxylation is 1. The standard InChI is InChI=1S/C22H27N3O5S/c1-14(2)6-7-15-10-17-21(20(11-15)30-5)31(27,28)24-22(17)25(3)23-13-16-8-9-18(26)19(12-16)29-4/h8-14,26H,6-7H2,1-5H3/b23-13+. The molecule has 0 bridgehead atoms. The van der Waals surface area contributed by atoms with E-state index in [1.54, 1.807) is 25.2 Å². The summed E-state index contributed by atoms with van der Waals surface area (Å²) in [6.07, 6.45) is 3.31. The lowest BCUT2D eigenvalue weighted by Crippen LogP contribution is -2.21. The minimum Gasteiger partial charge on any atom is -0.504 e. The van der Waals surface area contributed by atoms with Crippen LogP contribution in [-0.2, 0) is 16.4 Å². The minimum absolute atomic E-state index is 0.0224. The number of aromatic hydroxyl groups is 1. The number of hydrazone groups is 1. The fourth-order valence-electron chi connectivity index (χ4n) is 3.27. The Morgan fingerprint density at radius 2 is 1.87 bits per heavy atom. The van der Waals surface area contributed by atoms with Gasteiger partial charge in [-0.25, -0.2) is 5.01 Å². The third-order valence-electron chi connectivity index (χ3n) is 4.94. The van der Waals surface area contributed by atoms with Crippen LogP contribution in [0.3, 0.4) is 0 Å².